The topological polar surface area (TPSA) is 58.0 Å². The molecule has 3 rings (SSSR count). The summed E-state index contributed by atoms with van der Waals surface area (Å²) in [5.74, 6) is 0.269. The highest BCUT2D eigenvalue weighted by molar-refractivity contribution is 5.89. The molecule has 5 heteroatoms. The van der Waals surface area contributed by atoms with Crippen LogP contribution in [0.25, 0.3) is 10.9 Å². The molecule has 0 bridgehead atoms. The van der Waals surface area contributed by atoms with Crippen molar-refractivity contribution in [1.82, 2.24) is 9.97 Å². The summed E-state index contributed by atoms with van der Waals surface area (Å²) in [6, 6.07) is 4.95. The third-order valence-electron chi connectivity index (χ3n) is 4.14. The quantitative estimate of drug-likeness (QED) is 0.871. The van der Waals surface area contributed by atoms with Crippen LogP contribution in [0.2, 0.25) is 0 Å². The number of nitrogens with zero attached hydrogens (tertiary/aromatic N) is 2. The van der Waals surface area contributed by atoms with Crippen LogP contribution in [0, 0.1) is 11.2 Å². The molecule has 2 atom stereocenters. The summed E-state index contributed by atoms with van der Waals surface area (Å²) in [7, 11) is 0. The minimum absolute atomic E-state index is 0.129. The maximum absolute atomic E-state index is 13.7. The van der Waals surface area contributed by atoms with E-state index >= 15 is 0 Å². The van der Waals surface area contributed by atoms with Crippen LogP contribution in [0.3, 0.4) is 0 Å². The van der Waals surface area contributed by atoms with Gasteiger partial charge in [0.15, 0.2) is 0 Å². The molecular formula is C14H16FN3O. The lowest BCUT2D eigenvalue weighted by molar-refractivity contribution is -0.0511. The Kier molecular flexibility index (Phi) is 2.67. The number of benzene rings is 1. The van der Waals surface area contributed by atoms with Gasteiger partial charge < -0.3 is 10.4 Å². The number of anilines is 1. The lowest BCUT2D eigenvalue weighted by atomic mass is 9.64. The Morgan fingerprint density at radius 3 is 2.84 bits per heavy atom. The van der Waals surface area contributed by atoms with Crippen LogP contribution in [0.4, 0.5) is 10.2 Å². The summed E-state index contributed by atoms with van der Waals surface area (Å²) < 4.78 is 13.7. The first-order chi connectivity index (χ1) is 9.00. The zero-order chi connectivity index (χ0) is 13.6. The van der Waals surface area contributed by atoms with E-state index in [0.29, 0.717) is 23.1 Å². The van der Waals surface area contributed by atoms with Crippen LogP contribution in [-0.4, -0.2) is 27.2 Å². The molecule has 0 spiro atoms. The molecule has 2 aromatic rings. The molecule has 2 unspecified atom stereocenters. The zero-order valence-electron chi connectivity index (χ0n) is 10.9. The van der Waals surface area contributed by atoms with E-state index in [2.05, 4.69) is 15.3 Å². The highest BCUT2D eigenvalue weighted by Gasteiger charge is 2.47. The Morgan fingerprint density at radius 1 is 1.37 bits per heavy atom. The van der Waals surface area contributed by atoms with Crippen molar-refractivity contribution in [3.8, 4) is 0 Å². The molecule has 1 heterocycles. The number of aliphatic hydroxyl groups is 1. The van der Waals surface area contributed by atoms with E-state index in [-0.39, 0.29) is 23.4 Å². The summed E-state index contributed by atoms with van der Waals surface area (Å²) in [6.45, 7) is 4.01. The number of hydrogen-bond acceptors (Lipinski definition) is 4. The molecule has 1 fully saturated rings. The lowest BCUT2D eigenvalue weighted by Crippen LogP contribution is -2.57. The number of aliphatic hydroxyl groups excluding tert-OH is 1. The predicted molar refractivity (Wildman–Crippen MR) is 71.3 cm³/mol. The van der Waals surface area contributed by atoms with Crippen molar-refractivity contribution in [1.29, 1.82) is 0 Å². The van der Waals surface area contributed by atoms with Crippen molar-refractivity contribution in [2.45, 2.75) is 32.4 Å². The first kappa shape index (κ1) is 12.3. The van der Waals surface area contributed by atoms with Gasteiger partial charge in [0, 0.05) is 16.8 Å². The maximum atomic E-state index is 13.7. The molecule has 2 N–H and O–H groups in total. The lowest BCUT2D eigenvalue weighted by Gasteiger charge is -2.49. The Hall–Kier alpha value is -1.75. The number of rotatable bonds is 2. The number of hydrogen-bond donors (Lipinski definition) is 2. The van der Waals surface area contributed by atoms with Gasteiger partial charge in [-0.3, -0.25) is 0 Å². The van der Waals surface area contributed by atoms with Gasteiger partial charge in [-0.25, -0.2) is 14.4 Å². The number of nitrogens with one attached hydrogen (secondary N) is 1. The fourth-order valence-corrected chi connectivity index (χ4v) is 2.48. The Labute approximate surface area is 110 Å². The molecule has 1 aliphatic carbocycles. The molecule has 1 aromatic carbocycles. The average molecular weight is 261 g/mol. The summed E-state index contributed by atoms with van der Waals surface area (Å²) >= 11 is 0. The molecule has 0 amide bonds. The van der Waals surface area contributed by atoms with E-state index < -0.39 is 0 Å². The molecule has 0 radical (unpaired) electrons. The third kappa shape index (κ3) is 1.85. The van der Waals surface area contributed by atoms with Gasteiger partial charge in [0.1, 0.15) is 23.5 Å². The summed E-state index contributed by atoms with van der Waals surface area (Å²) in [5, 5.41) is 13.7. The molecule has 19 heavy (non-hydrogen) atoms. The SMILES string of the molecule is CC1(C)C(O)CC1Nc1ncnc2c(F)cccc12. The normalized spacial score (nSPS) is 25.1. The van der Waals surface area contributed by atoms with E-state index in [1.54, 1.807) is 12.1 Å². The standard InChI is InChI=1S/C14H16FN3O/c1-14(2)10(6-11(14)19)18-13-8-4-3-5-9(15)12(8)16-7-17-13/h3-5,7,10-11,19H,6H2,1-2H3,(H,16,17,18). The minimum Gasteiger partial charge on any atom is -0.392 e. The monoisotopic (exact) mass is 261 g/mol. The fraction of sp³-hybridized carbons (Fsp3) is 0.429. The Balaban J connectivity index is 1.96. The Morgan fingerprint density at radius 2 is 2.16 bits per heavy atom. The van der Waals surface area contributed by atoms with Crippen molar-refractivity contribution in [3.05, 3.63) is 30.3 Å². The summed E-state index contributed by atoms with van der Waals surface area (Å²) in [4.78, 5) is 8.16. The van der Waals surface area contributed by atoms with Crippen LogP contribution in [0.5, 0.6) is 0 Å². The van der Waals surface area contributed by atoms with Crippen LogP contribution in [-0.2, 0) is 0 Å². The van der Waals surface area contributed by atoms with Crippen LogP contribution < -0.4 is 5.32 Å². The number of aromatic nitrogens is 2. The van der Waals surface area contributed by atoms with Crippen molar-refractivity contribution in [2.75, 3.05) is 5.32 Å². The Bertz CT molecular complexity index is 629. The molecule has 0 aliphatic heterocycles. The summed E-state index contributed by atoms with van der Waals surface area (Å²) in [6.07, 6.45) is 1.72. The first-order valence-corrected chi connectivity index (χ1v) is 6.34. The van der Waals surface area contributed by atoms with Gasteiger partial charge in [-0.05, 0) is 18.6 Å². The minimum atomic E-state index is -0.351. The van der Waals surface area contributed by atoms with Crippen molar-refractivity contribution < 1.29 is 9.50 Å². The van der Waals surface area contributed by atoms with E-state index in [9.17, 15) is 9.50 Å². The smallest absolute Gasteiger partial charge is 0.149 e. The highest BCUT2D eigenvalue weighted by atomic mass is 19.1. The van der Waals surface area contributed by atoms with Gasteiger partial charge in [0.05, 0.1) is 6.10 Å². The van der Waals surface area contributed by atoms with Gasteiger partial charge in [0.2, 0.25) is 0 Å². The van der Waals surface area contributed by atoms with Gasteiger partial charge >= 0.3 is 0 Å². The average Bonchev–Trinajstić information content (AvgIpc) is 2.39. The van der Waals surface area contributed by atoms with E-state index in [0.717, 1.165) is 0 Å². The van der Waals surface area contributed by atoms with Gasteiger partial charge in [-0.2, -0.15) is 0 Å². The van der Waals surface area contributed by atoms with Crippen molar-refractivity contribution >= 4 is 16.7 Å². The highest BCUT2D eigenvalue weighted by Crippen LogP contribution is 2.42. The first-order valence-electron chi connectivity index (χ1n) is 6.34. The molecular weight excluding hydrogens is 245 g/mol. The van der Waals surface area contributed by atoms with Gasteiger partial charge in [-0.1, -0.05) is 19.9 Å². The molecule has 1 saturated carbocycles. The second-order valence-electron chi connectivity index (χ2n) is 5.63. The van der Waals surface area contributed by atoms with Crippen LogP contribution in [0.15, 0.2) is 24.5 Å². The number of halogens is 1. The fourth-order valence-electron chi connectivity index (χ4n) is 2.48. The zero-order valence-corrected chi connectivity index (χ0v) is 10.9. The second-order valence-corrected chi connectivity index (χ2v) is 5.63. The molecule has 4 nitrogen and oxygen atoms in total. The molecule has 1 aromatic heterocycles. The van der Waals surface area contributed by atoms with E-state index in [4.69, 9.17) is 0 Å². The largest absolute Gasteiger partial charge is 0.392 e. The number of para-hydroxylation sites is 1. The van der Waals surface area contributed by atoms with Gasteiger partial charge in [-0.15, -0.1) is 0 Å². The maximum Gasteiger partial charge on any atom is 0.149 e. The number of fused-ring (bicyclic) bond motifs is 1. The molecule has 100 valence electrons. The van der Waals surface area contributed by atoms with Gasteiger partial charge in [0.25, 0.3) is 0 Å². The van der Waals surface area contributed by atoms with E-state index in [1.165, 1.54) is 12.4 Å². The molecule has 0 saturated heterocycles. The molecule has 1 aliphatic rings. The van der Waals surface area contributed by atoms with Crippen molar-refractivity contribution in [2.24, 2.45) is 5.41 Å². The predicted octanol–water partition coefficient (Wildman–Crippen LogP) is 2.34. The second kappa shape index (κ2) is 4.13. The van der Waals surface area contributed by atoms with E-state index in [1.807, 2.05) is 13.8 Å². The summed E-state index contributed by atoms with van der Waals surface area (Å²) in [5.41, 5.74) is 0.114. The van der Waals surface area contributed by atoms with Crippen LogP contribution >= 0.6 is 0 Å². The van der Waals surface area contributed by atoms with Crippen molar-refractivity contribution in [3.63, 3.8) is 0 Å². The van der Waals surface area contributed by atoms with Crippen LogP contribution in [0.1, 0.15) is 20.3 Å². The third-order valence-corrected chi connectivity index (χ3v) is 4.14.